The summed E-state index contributed by atoms with van der Waals surface area (Å²) in [5.74, 6) is 0.709. The highest BCUT2D eigenvalue weighted by Crippen LogP contribution is 2.24. The van der Waals surface area contributed by atoms with Crippen LogP contribution in [-0.4, -0.2) is 29.4 Å². The number of rotatable bonds is 3. The molecule has 1 aromatic carbocycles. The minimum absolute atomic E-state index is 0.709. The summed E-state index contributed by atoms with van der Waals surface area (Å²) >= 11 is 1.61. The minimum Gasteiger partial charge on any atom is -0.265 e. The molecule has 0 radical (unpaired) electrons. The van der Waals surface area contributed by atoms with Crippen LogP contribution in [0, 0.1) is 13.8 Å². The Labute approximate surface area is 153 Å². The number of hydrogen-bond acceptors (Lipinski definition) is 5. The molecule has 0 atom stereocenters. The summed E-state index contributed by atoms with van der Waals surface area (Å²) in [6.07, 6.45) is 1.73. The van der Waals surface area contributed by atoms with E-state index in [1.165, 1.54) is 5.56 Å². The first kappa shape index (κ1) is 15.2. The molecule has 6 nitrogen and oxygen atoms in total. The van der Waals surface area contributed by atoms with Gasteiger partial charge >= 0.3 is 0 Å². The van der Waals surface area contributed by atoms with E-state index in [2.05, 4.69) is 40.3 Å². The van der Waals surface area contributed by atoms with Crippen molar-refractivity contribution in [2.75, 3.05) is 0 Å². The summed E-state index contributed by atoms with van der Waals surface area (Å²) in [6.45, 7) is 4.82. The van der Waals surface area contributed by atoms with Crippen molar-refractivity contribution < 1.29 is 0 Å². The highest BCUT2D eigenvalue weighted by atomic mass is 32.1. The van der Waals surface area contributed by atoms with E-state index in [1.807, 2.05) is 35.2 Å². The Kier molecular flexibility index (Phi) is 3.36. The predicted molar refractivity (Wildman–Crippen MR) is 102 cm³/mol. The molecule has 0 saturated carbocycles. The first-order chi connectivity index (χ1) is 12.7. The molecule has 0 aliphatic heterocycles. The van der Waals surface area contributed by atoms with Crippen molar-refractivity contribution in [1.29, 1.82) is 0 Å². The molecule has 0 aliphatic carbocycles. The van der Waals surface area contributed by atoms with Crippen LogP contribution in [0.1, 0.15) is 17.0 Å². The maximum absolute atomic E-state index is 4.75. The summed E-state index contributed by atoms with van der Waals surface area (Å²) in [5.41, 5.74) is 5.20. The third-order valence-electron chi connectivity index (χ3n) is 4.42. The van der Waals surface area contributed by atoms with E-state index in [0.29, 0.717) is 5.82 Å². The van der Waals surface area contributed by atoms with Crippen LogP contribution >= 0.6 is 11.3 Å². The second kappa shape index (κ2) is 5.74. The van der Waals surface area contributed by atoms with Crippen LogP contribution < -0.4 is 0 Å². The molecule has 0 N–H and O–H groups in total. The molecule has 4 aromatic heterocycles. The van der Waals surface area contributed by atoms with Crippen molar-refractivity contribution in [3.05, 3.63) is 65.1 Å². The quantitative estimate of drug-likeness (QED) is 0.490. The molecule has 7 heteroatoms. The normalized spacial score (nSPS) is 11.6. The van der Waals surface area contributed by atoms with Crippen LogP contribution in [0.2, 0.25) is 0 Å². The molecule has 5 rings (SSSR count). The Balaban J connectivity index is 1.56. The maximum atomic E-state index is 4.75. The van der Waals surface area contributed by atoms with Gasteiger partial charge in [0.1, 0.15) is 11.2 Å². The van der Waals surface area contributed by atoms with E-state index in [9.17, 15) is 0 Å². The Bertz CT molecular complexity index is 1250. The fourth-order valence-corrected chi connectivity index (χ4v) is 3.93. The zero-order valence-corrected chi connectivity index (χ0v) is 15.2. The minimum atomic E-state index is 0.709. The van der Waals surface area contributed by atoms with E-state index in [1.54, 1.807) is 22.2 Å². The van der Waals surface area contributed by atoms with E-state index in [4.69, 9.17) is 4.98 Å². The van der Waals surface area contributed by atoms with Crippen LogP contribution in [0.5, 0.6) is 0 Å². The van der Waals surface area contributed by atoms with Gasteiger partial charge in [-0.2, -0.15) is 5.10 Å². The average molecular weight is 360 g/mol. The molecule has 5 aromatic rings. The van der Waals surface area contributed by atoms with Gasteiger partial charge in [-0.25, -0.2) is 14.5 Å². The highest BCUT2D eigenvalue weighted by molar-refractivity contribution is 7.16. The van der Waals surface area contributed by atoms with Gasteiger partial charge in [0.25, 0.3) is 0 Å². The molecule has 0 unspecified atom stereocenters. The molecular weight excluding hydrogens is 344 g/mol. The van der Waals surface area contributed by atoms with Crippen molar-refractivity contribution in [3.8, 4) is 11.4 Å². The van der Waals surface area contributed by atoms with Gasteiger partial charge in [0, 0.05) is 11.3 Å². The maximum Gasteiger partial charge on any atom is 0.182 e. The van der Waals surface area contributed by atoms with E-state index in [-0.39, 0.29) is 0 Å². The lowest BCUT2D eigenvalue weighted by atomic mass is 10.1. The van der Waals surface area contributed by atoms with Gasteiger partial charge < -0.3 is 0 Å². The average Bonchev–Trinajstić information content (AvgIpc) is 3.33. The standard InChI is InChI=1S/C19H16N6S/c1-12-8-13(2)24(22-12)10-14-4-3-5-15(9-14)17-21-18-16-6-7-26-19(16)20-11-25(18)23-17/h3-9,11H,10H2,1-2H3. The van der Waals surface area contributed by atoms with Crippen molar-refractivity contribution >= 4 is 27.2 Å². The number of fused-ring (bicyclic) bond motifs is 3. The predicted octanol–water partition coefficient (Wildman–Crippen LogP) is 3.87. The van der Waals surface area contributed by atoms with Crippen molar-refractivity contribution in [3.63, 3.8) is 0 Å². The Hall–Kier alpha value is -3.06. The number of aryl methyl sites for hydroxylation is 2. The van der Waals surface area contributed by atoms with Gasteiger partial charge in [-0.3, -0.25) is 4.68 Å². The Morgan fingerprint density at radius 1 is 1.08 bits per heavy atom. The summed E-state index contributed by atoms with van der Waals surface area (Å²) in [4.78, 5) is 10.2. The largest absolute Gasteiger partial charge is 0.265 e. The van der Waals surface area contributed by atoms with Crippen LogP contribution in [0.25, 0.3) is 27.3 Å². The summed E-state index contributed by atoms with van der Waals surface area (Å²) in [7, 11) is 0. The molecule has 128 valence electrons. The fourth-order valence-electron chi connectivity index (χ4n) is 3.21. The fraction of sp³-hybridized carbons (Fsp3) is 0.158. The third kappa shape index (κ3) is 2.48. The smallest absolute Gasteiger partial charge is 0.182 e. The van der Waals surface area contributed by atoms with Crippen LogP contribution in [0.15, 0.2) is 48.1 Å². The highest BCUT2D eigenvalue weighted by Gasteiger charge is 2.11. The number of thiophene rings is 1. The first-order valence-electron chi connectivity index (χ1n) is 8.36. The molecule has 0 amide bonds. The van der Waals surface area contributed by atoms with Crippen LogP contribution in [0.3, 0.4) is 0 Å². The third-order valence-corrected chi connectivity index (χ3v) is 5.24. The molecule has 0 aliphatic rings. The topological polar surface area (TPSA) is 60.9 Å². The molecule has 0 saturated heterocycles. The van der Waals surface area contributed by atoms with Gasteiger partial charge in [0.2, 0.25) is 0 Å². The molecule has 4 heterocycles. The van der Waals surface area contributed by atoms with Gasteiger partial charge in [-0.1, -0.05) is 18.2 Å². The van der Waals surface area contributed by atoms with Crippen LogP contribution in [-0.2, 0) is 6.54 Å². The zero-order chi connectivity index (χ0) is 17.7. The molecule has 26 heavy (non-hydrogen) atoms. The Morgan fingerprint density at radius 3 is 2.85 bits per heavy atom. The molecule has 0 spiro atoms. The lowest BCUT2D eigenvalue weighted by molar-refractivity contribution is 0.659. The summed E-state index contributed by atoms with van der Waals surface area (Å²) in [5, 5.41) is 12.2. The summed E-state index contributed by atoms with van der Waals surface area (Å²) < 4.78 is 3.77. The molecule has 0 bridgehead atoms. The van der Waals surface area contributed by atoms with E-state index < -0.39 is 0 Å². The van der Waals surface area contributed by atoms with E-state index >= 15 is 0 Å². The second-order valence-electron chi connectivity index (χ2n) is 6.37. The summed E-state index contributed by atoms with van der Waals surface area (Å²) in [6, 6.07) is 12.4. The lowest BCUT2D eigenvalue weighted by Gasteiger charge is -2.05. The van der Waals surface area contributed by atoms with Gasteiger partial charge in [0.15, 0.2) is 11.5 Å². The number of nitrogens with zero attached hydrogens (tertiary/aromatic N) is 6. The first-order valence-corrected chi connectivity index (χ1v) is 9.24. The van der Waals surface area contributed by atoms with Gasteiger partial charge in [-0.05, 0) is 43.0 Å². The second-order valence-corrected chi connectivity index (χ2v) is 7.27. The van der Waals surface area contributed by atoms with Crippen molar-refractivity contribution in [2.24, 2.45) is 0 Å². The zero-order valence-electron chi connectivity index (χ0n) is 14.4. The molecular formula is C19H16N6S. The van der Waals surface area contributed by atoms with Crippen LogP contribution in [0.4, 0.5) is 0 Å². The van der Waals surface area contributed by atoms with Crippen molar-refractivity contribution in [2.45, 2.75) is 20.4 Å². The molecule has 0 fully saturated rings. The monoisotopic (exact) mass is 360 g/mol. The number of benzene rings is 1. The number of aromatic nitrogens is 6. The van der Waals surface area contributed by atoms with Gasteiger partial charge in [-0.15, -0.1) is 16.4 Å². The van der Waals surface area contributed by atoms with Gasteiger partial charge in [0.05, 0.1) is 17.6 Å². The Morgan fingerprint density at radius 2 is 2.00 bits per heavy atom. The number of hydrogen-bond donors (Lipinski definition) is 0. The SMILES string of the molecule is Cc1cc(C)n(Cc2cccc(-c3nc4c5ccsc5ncn4n3)c2)n1. The van der Waals surface area contributed by atoms with E-state index in [0.717, 1.165) is 39.4 Å². The van der Waals surface area contributed by atoms with Crippen molar-refractivity contribution in [1.82, 2.24) is 29.4 Å². The lowest BCUT2D eigenvalue weighted by Crippen LogP contribution is -2.04.